The van der Waals surface area contributed by atoms with Gasteiger partial charge in [0.15, 0.2) is 6.10 Å². The van der Waals surface area contributed by atoms with Crippen molar-refractivity contribution < 1.29 is 28.6 Å². The van der Waals surface area contributed by atoms with E-state index in [0.717, 1.165) is 70.1 Å². The highest BCUT2D eigenvalue weighted by Gasteiger charge is 2.19. The van der Waals surface area contributed by atoms with Gasteiger partial charge in [-0.05, 0) is 25.2 Å². The average Bonchev–Trinajstić information content (AvgIpc) is 3.15. The molecule has 0 aromatic carbocycles. The third-order valence-electron chi connectivity index (χ3n) is 10.8. The summed E-state index contributed by atoms with van der Waals surface area (Å²) in [6, 6.07) is 0. The Balaban J connectivity index is 4.14. The van der Waals surface area contributed by atoms with Crippen LogP contribution in [0.4, 0.5) is 0 Å². The molecule has 0 unspecified atom stereocenters. The molecule has 0 N–H and O–H groups in total. The van der Waals surface area contributed by atoms with E-state index in [9.17, 15) is 14.4 Å². The van der Waals surface area contributed by atoms with Gasteiger partial charge >= 0.3 is 17.9 Å². The molecule has 320 valence electrons. The van der Waals surface area contributed by atoms with Crippen molar-refractivity contribution in [3.05, 3.63) is 0 Å². The molecule has 6 nitrogen and oxygen atoms in total. The minimum absolute atomic E-state index is 0.0648. The quantitative estimate of drug-likeness (QED) is 0.0349. The molecule has 0 saturated carbocycles. The molecule has 0 aromatic rings. The monoisotopic (exact) mass is 765 g/mol. The second-order valence-corrected chi connectivity index (χ2v) is 16.9. The summed E-state index contributed by atoms with van der Waals surface area (Å²) < 4.78 is 16.6. The normalized spacial score (nSPS) is 11.9. The summed E-state index contributed by atoms with van der Waals surface area (Å²) in [6.07, 6.45) is 42.6. The molecule has 0 amide bonds. The van der Waals surface area contributed by atoms with Gasteiger partial charge in [0.2, 0.25) is 0 Å². The van der Waals surface area contributed by atoms with E-state index in [2.05, 4.69) is 27.7 Å². The molecular weight excluding hydrogens is 673 g/mol. The van der Waals surface area contributed by atoms with Crippen LogP contribution in [0.2, 0.25) is 0 Å². The van der Waals surface area contributed by atoms with Crippen LogP contribution < -0.4 is 0 Å². The molecule has 0 aliphatic heterocycles. The number of hydrogen-bond acceptors (Lipinski definition) is 6. The van der Waals surface area contributed by atoms with Gasteiger partial charge in [-0.15, -0.1) is 0 Å². The van der Waals surface area contributed by atoms with Gasteiger partial charge in [0, 0.05) is 19.3 Å². The highest BCUT2D eigenvalue weighted by Crippen LogP contribution is 2.17. The fraction of sp³-hybridized carbons (Fsp3) is 0.938. The van der Waals surface area contributed by atoms with E-state index in [0.29, 0.717) is 19.3 Å². The lowest BCUT2D eigenvalue weighted by atomic mass is 10.0. The molecule has 0 heterocycles. The first-order chi connectivity index (χ1) is 26.4. The molecule has 0 aliphatic rings. The Labute approximate surface area is 336 Å². The molecule has 0 spiro atoms. The van der Waals surface area contributed by atoms with Gasteiger partial charge in [-0.25, -0.2) is 0 Å². The van der Waals surface area contributed by atoms with Crippen molar-refractivity contribution in [2.75, 3.05) is 13.2 Å². The Bertz CT molecular complexity index is 811. The molecule has 6 heteroatoms. The van der Waals surface area contributed by atoms with Crippen molar-refractivity contribution in [2.24, 2.45) is 5.92 Å². The Hall–Kier alpha value is -1.59. The summed E-state index contributed by atoms with van der Waals surface area (Å²) in [5, 5.41) is 0. The van der Waals surface area contributed by atoms with Gasteiger partial charge < -0.3 is 14.2 Å². The maximum Gasteiger partial charge on any atom is 0.306 e. The zero-order valence-electron chi connectivity index (χ0n) is 36.7. The summed E-state index contributed by atoms with van der Waals surface area (Å²) in [7, 11) is 0. The third-order valence-corrected chi connectivity index (χ3v) is 10.8. The van der Waals surface area contributed by atoms with E-state index in [-0.39, 0.29) is 31.1 Å². The minimum Gasteiger partial charge on any atom is -0.462 e. The number of ether oxygens (including phenoxy) is 3. The van der Waals surface area contributed by atoms with Crippen LogP contribution in [-0.2, 0) is 28.6 Å². The third kappa shape index (κ3) is 41.6. The summed E-state index contributed by atoms with van der Waals surface area (Å²) >= 11 is 0. The maximum absolute atomic E-state index is 12.7. The number of unbranched alkanes of at least 4 members (excludes halogenated alkanes) is 30. The van der Waals surface area contributed by atoms with Crippen LogP contribution in [0.3, 0.4) is 0 Å². The Morgan fingerprint density at radius 1 is 0.352 bits per heavy atom. The topological polar surface area (TPSA) is 78.9 Å². The lowest BCUT2D eigenvalue weighted by Gasteiger charge is -2.18. The van der Waals surface area contributed by atoms with Gasteiger partial charge in [0.25, 0.3) is 0 Å². The first-order valence-electron chi connectivity index (χ1n) is 23.9. The average molecular weight is 765 g/mol. The van der Waals surface area contributed by atoms with Crippen molar-refractivity contribution in [3.63, 3.8) is 0 Å². The standard InChI is InChI=1S/C48H92O6/c1-5-7-9-11-12-13-14-15-16-17-18-19-20-21-26-29-33-37-41-48(51)54-45(42-52-46(49)39-35-30-10-8-6-2)43-53-47(50)40-36-32-28-25-23-22-24-27-31-34-38-44(3)4/h44-45H,5-43H2,1-4H3/t45-/m0/s1. The molecule has 0 saturated heterocycles. The van der Waals surface area contributed by atoms with Crippen LogP contribution in [0.1, 0.15) is 265 Å². The summed E-state index contributed by atoms with van der Waals surface area (Å²) in [6.45, 7) is 8.92. The van der Waals surface area contributed by atoms with Gasteiger partial charge in [-0.3, -0.25) is 14.4 Å². The second kappa shape index (κ2) is 42.6. The molecular formula is C48H92O6. The molecule has 0 bridgehead atoms. The van der Waals surface area contributed by atoms with E-state index in [1.54, 1.807) is 0 Å². The zero-order valence-corrected chi connectivity index (χ0v) is 36.7. The number of carbonyl (C=O) groups excluding carboxylic acids is 3. The van der Waals surface area contributed by atoms with E-state index in [4.69, 9.17) is 14.2 Å². The van der Waals surface area contributed by atoms with Crippen molar-refractivity contribution in [1.82, 2.24) is 0 Å². The van der Waals surface area contributed by atoms with Crippen LogP contribution in [0.25, 0.3) is 0 Å². The van der Waals surface area contributed by atoms with Crippen LogP contribution in [0, 0.1) is 5.92 Å². The van der Waals surface area contributed by atoms with Crippen LogP contribution in [0.15, 0.2) is 0 Å². The largest absolute Gasteiger partial charge is 0.462 e. The van der Waals surface area contributed by atoms with E-state index < -0.39 is 6.10 Å². The molecule has 0 aromatic heterocycles. The van der Waals surface area contributed by atoms with E-state index in [1.807, 2.05) is 0 Å². The fourth-order valence-corrected chi connectivity index (χ4v) is 7.16. The summed E-state index contributed by atoms with van der Waals surface area (Å²) in [5.41, 5.74) is 0. The highest BCUT2D eigenvalue weighted by atomic mass is 16.6. The van der Waals surface area contributed by atoms with Crippen LogP contribution in [-0.4, -0.2) is 37.2 Å². The molecule has 0 radical (unpaired) electrons. The van der Waals surface area contributed by atoms with Gasteiger partial charge in [-0.1, -0.05) is 227 Å². The summed E-state index contributed by atoms with van der Waals surface area (Å²) in [5.74, 6) is -0.0471. The van der Waals surface area contributed by atoms with Gasteiger partial charge in [0.05, 0.1) is 0 Å². The second-order valence-electron chi connectivity index (χ2n) is 16.9. The van der Waals surface area contributed by atoms with Crippen molar-refractivity contribution >= 4 is 17.9 Å². The smallest absolute Gasteiger partial charge is 0.306 e. The van der Waals surface area contributed by atoms with E-state index in [1.165, 1.54) is 154 Å². The zero-order chi connectivity index (χ0) is 39.6. The summed E-state index contributed by atoms with van der Waals surface area (Å²) in [4.78, 5) is 37.5. The Morgan fingerprint density at radius 2 is 0.611 bits per heavy atom. The molecule has 0 rings (SSSR count). The number of rotatable bonds is 43. The van der Waals surface area contributed by atoms with Crippen molar-refractivity contribution in [1.29, 1.82) is 0 Å². The van der Waals surface area contributed by atoms with Crippen molar-refractivity contribution in [2.45, 2.75) is 271 Å². The molecule has 0 aliphatic carbocycles. The predicted octanol–water partition coefficient (Wildman–Crippen LogP) is 15.1. The Kier molecular flexibility index (Phi) is 41.3. The number of carbonyl (C=O) groups is 3. The molecule has 1 atom stereocenters. The van der Waals surface area contributed by atoms with E-state index >= 15 is 0 Å². The van der Waals surface area contributed by atoms with Gasteiger partial charge in [0.1, 0.15) is 13.2 Å². The lowest BCUT2D eigenvalue weighted by molar-refractivity contribution is -0.167. The Morgan fingerprint density at radius 3 is 0.907 bits per heavy atom. The predicted molar refractivity (Wildman–Crippen MR) is 229 cm³/mol. The van der Waals surface area contributed by atoms with Crippen LogP contribution >= 0.6 is 0 Å². The lowest BCUT2D eigenvalue weighted by Crippen LogP contribution is -2.30. The highest BCUT2D eigenvalue weighted by molar-refractivity contribution is 5.71. The first kappa shape index (κ1) is 52.4. The minimum atomic E-state index is -0.758. The molecule has 54 heavy (non-hydrogen) atoms. The van der Waals surface area contributed by atoms with Crippen molar-refractivity contribution in [3.8, 4) is 0 Å². The number of esters is 3. The fourth-order valence-electron chi connectivity index (χ4n) is 7.16. The molecule has 0 fully saturated rings. The van der Waals surface area contributed by atoms with Gasteiger partial charge in [-0.2, -0.15) is 0 Å². The maximum atomic E-state index is 12.7. The first-order valence-corrected chi connectivity index (χ1v) is 23.9. The van der Waals surface area contributed by atoms with Crippen LogP contribution in [0.5, 0.6) is 0 Å². The number of hydrogen-bond donors (Lipinski definition) is 0. The SMILES string of the molecule is CCCCCCCCCCCCCCCCCCCCC(=O)O[C@@H](COC(=O)CCCCCCC)COC(=O)CCCCCCCCCCCCC(C)C.